The highest BCUT2D eigenvalue weighted by atomic mass is 16.6. The van der Waals surface area contributed by atoms with Gasteiger partial charge in [-0.25, -0.2) is 4.90 Å². The Balaban J connectivity index is 1.50. The summed E-state index contributed by atoms with van der Waals surface area (Å²) in [5.41, 5.74) is 1.54. The van der Waals surface area contributed by atoms with Crippen LogP contribution in [0.1, 0.15) is 27.5 Å². The van der Waals surface area contributed by atoms with E-state index in [9.17, 15) is 24.5 Å². The van der Waals surface area contributed by atoms with Gasteiger partial charge in [0.15, 0.2) is 5.78 Å². The number of rotatable bonds is 6. The third-order valence-electron chi connectivity index (χ3n) is 7.55. The number of anilines is 1. The van der Waals surface area contributed by atoms with Crippen LogP contribution >= 0.6 is 0 Å². The number of methoxy groups -OCH3 is 2. The molecule has 3 aliphatic heterocycles. The number of non-ortho nitro benzene ring substituents is 1. The van der Waals surface area contributed by atoms with Gasteiger partial charge in [-0.1, -0.05) is 24.3 Å². The number of benzene rings is 3. The van der Waals surface area contributed by atoms with E-state index in [-0.39, 0.29) is 22.9 Å². The van der Waals surface area contributed by atoms with Gasteiger partial charge in [0.25, 0.3) is 5.69 Å². The predicted molar refractivity (Wildman–Crippen MR) is 139 cm³/mol. The van der Waals surface area contributed by atoms with E-state index in [0.717, 1.165) is 22.1 Å². The van der Waals surface area contributed by atoms with Crippen molar-refractivity contribution in [3.05, 3.63) is 93.5 Å². The Bertz CT molecular complexity index is 1570. The fourth-order valence-electron chi connectivity index (χ4n) is 5.80. The predicted octanol–water partition coefficient (Wildman–Crippen LogP) is 3.37. The lowest BCUT2D eigenvalue weighted by atomic mass is 9.83. The minimum atomic E-state index is -1.08. The average molecular weight is 527 g/mol. The number of ether oxygens (including phenoxy) is 2. The summed E-state index contributed by atoms with van der Waals surface area (Å²) in [6.45, 7) is 0. The number of carbonyl (C=O) groups is 3. The van der Waals surface area contributed by atoms with Crippen LogP contribution in [0.25, 0.3) is 0 Å². The molecule has 11 heteroatoms. The van der Waals surface area contributed by atoms with Crippen LogP contribution in [0.2, 0.25) is 0 Å². The number of ketones is 1. The van der Waals surface area contributed by atoms with Crippen LogP contribution in [0.15, 0.2) is 71.8 Å². The van der Waals surface area contributed by atoms with E-state index in [1.165, 1.54) is 26.4 Å². The fraction of sp³-hybridized carbons (Fsp3) is 0.214. The van der Waals surface area contributed by atoms with E-state index in [1.807, 2.05) is 24.3 Å². The molecule has 196 valence electrons. The fourth-order valence-corrected chi connectivity index (χ4v) is 5.80. The first kappa shape index (κ1) is 24.3. The van der Waals surface area contributed by atoms with Gasteiger partial charge >= 0.3 is 0 Å². The third kappa shape index (κ3) is 3.57. The average Bonchev–Trinajstić information content (AvgIpc) is 3.44. The first-order chi connectivity index (χ1) is 18.8. The molecule has 4 atom stereocenters. The molecular formula is C28H22N4O7. The summed E-state index contributed by atoms with van der Waals surface area (Å²) in [5, 5.41) is 17.6. The summed E-state index contributed by atoms with van der Waals surface area (Å²) < 4.78 is 10.6. The van der Waals surface area contributed by atoms with Gasteiger partial charge in [-0.2, -0.15) is 5.10 Å². The first-order valence-corrected chi connectivity index (χ1v) is 12.2. The molecule has 6 rings (SSSR count). The van der Waals surface area contributed by atoms with Crippen molar-refractivity contribution in [3.8, 4) is 11.5 Å². The van der Waals surface area contributed by atoms with Gasteiger partial charge in [0, 0.05) is 17.7 Å². The smallest absolute Gasteiger partial charge is 0.271 e. The molecule has 0 bridgehead atoms. The van der Waals surface area contributed by atoms with Gasteiger partial charge in [0.1, 0.15) is 23.2 Å². The van der Waals surface area contributed by atoms with Crippen LogP contribution in [0.3, 0.4) is 0 Å². The van der Waals surface area contributed by atoms with Gasteiger partial charge in [-0.3, -0.25) is 29.5 Å². The summed E-state index contributed by atoms with van der Waals surface area (Å²) in [7, 11) is 2.86. The Hall–Kier alpha value is -5.06. The molecular weight excluding hydrogens is 504 g/mol. The minimum Gasteiger partial charge on any atom is -0.497 e. The summed E-state index contributed by atoms with van der Waals surface area (Å²) in [5.74, 6) is -2.93. The molecule has 3 aromatic carbocycles. The van der Waals surface area contributed by atoms with E-state index < -0.39 is 40.7 Å². The Morgan fingerprint density at radius 1 is 0.949 bits per heavy atom. The van der Waals surface area contributed by atoms with Gasteiger partial charge in [-0.15, -0.1) is 0 Å². The number of fused-ring (bicyclic) bond motifs is 5. The van der Waals surface area contributed by atoms with Gasteiger partial charge in [0.05, 0.1) is 43.2 Å². The number of hydrogen-bond acceptors (Lipinski definition) is 9. The molecule has 3 aliphatic rings. The number of carbonyl (C=O) groups excluding carboxylic acids is 3. The molecule has 0 aromatic heterocycles. The van der Waals surface area contributed by atoms with Crippen molar-refractivity contribution in [1.29, 1.82) is 0 Å². The lowest BCUT2D eigenvalue weighted by Gasteiger charge is -2.33. The number of Topliss-reactive ketones (excluding diaryl/α,β-unsaturated/α-hetero) is 1. The summed E-state index contributed by atoms with van der Waals surface area (Å²) >= 11 is 0. The van der Waals surface area contributed by atoms with Crippen LogP contribution in [-0.2, 0) is 9.59 Å². The van der Waals surface area contributed by atoms with Gasteiger partial charge in [0.2, 0.25) is 11.8 Å². The zero-order valence-corrected chi connectivity index (χ0v) is 20.9. The Morgan fingerprint density at radius 2 is 1.67 bits per heavy atom. The highest BCUT2D eigenvalue weighted by molar-refractivity contribution is 6.25. The third-order valence-corrected chi connectivity index (χ3v) is 7.55. The summed E-state index contributed by atoms with van der Waals surface area (Å²) in [6.07, 6.45) is 1.62. The monoisotopic (exact) mass is 526 g/mol. The van der Waals surface area contributed by atoms with E-state index in [1.54, 1.807) is 35.5 Å². The van der Waals surface area contributed by atoms with Crippen molar-refractivity contribution in [2.45, 2.75) is 12.1 Å². The zero-order valence-electron chi connectivity index (χ0n) is 20.9. The molecule has 3 heterocycles. The maximum Gasteiger partial charge on any atom is 0.271 e. The van der Waals surface area contributed by atoms with E-state index in [4.69, 9.17) is 9.47 Å². The van der Waals surface area contributed by atoms with E-state index in [0.29, 0.717) is 11.3 Å². The molecule has 0 saturated carbocycles. The van der Waals surface area contributed by atoms with E-state index >= 15 is 0 Å². The molecule has 39 heavy (non-hydrogen) atoms. The Labute approximate surface area is 222 Å². The first-order valence-electron chi connectivity index (χ1n) is 12.2. The minimum absolute atomic E-state index is 0.0362. The Kier molecular flexibility index (Phi) is 5.63. The maximum absolute atomic E-state index is 14.1. The molecule has 0 unspecified atom stereocenters. The molecule has 3 aromatic rings. The van der Waals surface area contributed by atoms with Crippen LogP contribution in [0.5, 0.6) is 11.5 Å². The van der Waals surface area contributed by atoms with Crippen molar-refractivity contribution in [1.82, 2.24) is 5.01 Å². The SMILES string of the molecule is COc1ccc(C(=O)[C@@H]2[C@@H]3C(=O)N(c4cc([N+](=O)[O-])ccc4OC)C(=O)[C@@H]3[C@@H]3c4ccccc4C=NN23)cc1. The van der Waals surface area contributed by atoms with Gasteiger partial charge in [-0.05, 0) is 41.5 Å². The Morgan fingerprint density at radius 3 is 2.36 bits per heavy atom. The number of hydrogen-bond donors (Lipinski definition) is 0. The lowest BCUT2D eigenvalue weighted by Crippen LogP contribution is -2.44. The normalized spacial score (nSPS) is 22.8. The van der Waals surface area contributed by atoms with E-state index in [2.05, 4.69) is 5.10 Å². The zero-order chi connectivity index (χ0) is 27.4. The van der Waals surface area contributed by atoms with Crippen molar-refractivity contribution < 1.29 is 28.8 Å². The molecule has 2 saturated heterocycles. The summed E-state index contributed by atoms with van der Waals surface area (Å²) in [4.78, 5) is 53.9. The number of amides is 2. The highest BCUT2D eigenvalue weighted by Gasteiger charge is 2.65. The number of hydrazone groups is 1. The largest absolute Gasteiger partial charge is 0.497 e. The molecule has 2 amide bonds. The van der Waals surface area contributed by atoms with Crippen molar-refractivity contribution in [3.63, 3.8) is 0 Å². The topological polar surface area (TPSA) is 132 Å². The second-order valence-electron chi connectivity index (χ2n) is 9.41. The molecule has 2 fully saturated rings. The lowest BCUT2D eigenvalue weighted by molar-refractivity contribution is -0.384. The van der Waals surface area contributed by atoms with Crippen molar-refractivity contribution in [2.75, 3.05) is 19.1 Å². The number of nitro groups is 1. The van der Waals surface area contributed by atoms with Crippen LogP contribution in [0.4, 0.5) is 11.4 Å². The molecule has 11 nitrogen and oxygen atoms in total. The van der Waals surface area contributed by atoms with Crippen LogP contribution in [-0.4, -0.2) is 54.0 Å². The maximum atomic E-state index is 14.1. The standard InChI is InChI=1S/C28H22N4O7/c1-38-18-10-7-15(8-11-18)26(33)25-23-22(24-19-6-4-3-5-16(19)14-29-31(24)25)27(34)30(28(23)35)20-13-17(32(36)37)9-12-21(20)39-2/h3-14,22-25H,1-2H3/t22-,23+,24-,25-/m0/s1. The number of imide groups is 1. The number of nitrogens with zero attached hydrogens (tertiary/aromatic N) is 4. The molecule has 0 N–H and O–H groups in total. The molecule has 0 aliphatic carbocycles. The van der Waals surface area contributed by atoms with Crippen LogP contribution < -0.4 is 14.4 Å². The van der Waals surface area contributed by atoms with Gasteiger partial charge < -0.3 is 9.47 Å². The summed E-state index contributed by atoms with van der Waals surface area (Å²) in [6, 6.07) is 15.8. The molecule has 0 radical (unpaired) electrons. The van der Waals surface area contributed by atoms with Crippen LogP contribution in [0, 0.1) is 22.0 Å². The second-order valence-corrected chi connectivity index (χ2v) is 9.41. The van der Waals surface area contributed by atoms with Crippen molar-refractivity contribution in [2.24, 2.45) is 16.9 Å². The quantitative estimate of drug-likeness (QED) is 0.207. The molecule has 0 spiro atoms. The number of nitro benzene ring substituents is 1. The van der Waals surface area contributed by atoms with Crippen molar-refractivity contribution >= 4 is 35.2 Å². The second kappa shape index (κ2) is 9.05. The highest BCUT2D eigenvalue weighted by Crippen LogP contribution is 2.54.